The van der Waals surface area contributed by atoms with E-state index in [9.17, 15) is 24.3 Å². The maximum absolute atomic E-state index is 14.9. The molecule has 0 radical (unpaired) electrons. The van der Waals surface area contributed by atoms with Crippen molar-refractivity contribution in [3.8, 4) is 0 Å². The molecule has 51 heavy (non-hydrogen) atoms. The first kappa shape index (κ1) is 38.4. The van der Waals surface area contributed by atoms with Crippen LogP contribution in [0.25, 0.3) is 0 Å². The maximum atomic E-state index is 14.9. The first-order chi connectivity index (χ1) is 24.4. The van der Waals surface area contributed by atoms with E-state index in [2.05, 4.69) is 34.4 Å². The highest BCUT2D eigenvalue weighted by molar-refractivity contribution is 9.09. The summed E-state index contributed by atoms with van der Waals surface area (Å²) in [6, 6.07) is 12.2. The second-order valence-electron chi connectivity index (χ2n) is 13.7. The number of anilines is 1. The van der Waals surface area contributed by atoms with Gasteiger partial charge in [0.2, 0.25) is 11.8 Å². The lowest BCUT2D eigenvalue weighted by atomic mass is 9.70. The molecule has 2 aromatic rings. The largest absolute Gasteiger partial charge is 0.455 e. The van der Waals surface area contributed by atoms with Gasteiger partial charge in [0.15, 0.2) is 0 Å². The van der Waals surface area contributed by atoms with Crippen LogP contribution in [0.3, 0.4) is 0 Å². The van der Waals surface area contributed by atoms with Crippen LogP contribution >= 0.6 is 15.9 Å². The highest BCUT2D eigenvalue weighted by Crippen LogP contribution is 2.61. The lowest BCUT2D eigenvalue weighted by Crippen LogP contribution is -2.59. The van der Waals surface area contributed by atoms with Crippen LogP contribution in [0.2, 0.25) is 0 Å². The van der Waals surface area contributed by atoms with E-state index in [0.29, 0.717) is 17.7 Å². The summed E-state index contributed by atoms with van der Waals surface area (Å²) in [5, 5.41) is 13.3. The van der Waals surface area contributed by atoms with E-state index < -0.39 is 72.2 Å². The van der Waals surface area contributed by atoms with Crippen molar-refractivity contribution in [2.24, 2.45) is 11.8 Å². The first-order valence-electron chi connectivity index (χ1n) is 17.3. The minimum Gasteiger partial charge on any atom is -0.455 e. The van der Waals surface area contributed by atoms with E-state index in [0.717, 1.165) is 11.1 Å². The summed E-state index contributed by atoms with van der Waals surface area (Å²) in [5.41, 5.74) is 1.73. The molecule has 2 aromatic carbocycles. The van der Waals surface area contributed by atoms with Crippen molar-refractivity contribution in [3.05, 3.63) is 90.5 Å². The molecule has 274 valence electrons. The number of nitrogens with one attached hydrogen (secondary N) is 1. The summed E-state index contributed by atoms with van der Waals surface area (Å²) in [6.45, 7) is 12.9. The Labute approximate surface area is 308 Å². The van der Waals surface area contributed by atoms with Gasteiger partial charge in [-0.25, -0.2) is 0 Å². The summed E-state index contributed by atoms with van der Waals surface area (Å²) in [7, 11) is 1.49. The van der Waals surface area contributed by atoms with Crippen molar-refractivity contribution < 1.29 is 38.5 Å². The van der Waals surface area contributed by atoms with Crippen LogP contribution in [0.15, 0.2) is 73.8 Å². The van der Waals surface area contributed by atoms with Gasteiger partial charge in [-0.1, -0.05) is 70.5 Å². The number of aliphatic hydroxyl groups excluding tert-OH is 1. The summed E-state index contributed by atoms with van der Waals surface area (Å²) in [4.78, 5) is 59.6. The number of carbonyl (C=O) groups excluding carboxylic acids is 4. The van der Waals surface area contributed by atoms with Crippen molar-refractivity contribution in [1.29, 1.82) is 0 Å². The smallest absolute Gasteiger partial charge is 0.313 e. The molecule has 3 amide bonds. The van der Waals surface area contributed by atoms with Crippen LogP contribution < -0.4 is 10.2 Å². The van der Waals surface area contributed by atoms with Crippen molar-refractivity contribution in [3.63, 3.8) is 0 Å². The third-order valence-electron chi connectivity index (χ3n) is 10.2. The third kappa shape index (κ3) is 7.28. The minimum absolute atomic E-state index is 0.0422. The van der Waals surface area contributed by atoms with E-state index >= 15 is 0 Å². The lowest BCUT2D eigenvalue weighted by Gasteiger charge is -2.39. The average Bonchev–Trinajstić information content (AvgIpc) is 3.72. The van der Waals surface area contributed by atoms with Crippen molar-refractivity contribution in [1.82, 2.24) is 10.2 Å². The van der Waals surface area contributed by atoms with Gasteiger partial charge in [0.25, 0.3) is 5.91 Å². The van der Waals surface area contributed by atoms with Gasteiger partial charge in [0.05, 0.1) is 43.2 Å². The Balaban J connectivity index is 1.54. The Morgan fingerprint density at radius 3 is 2.55 bits per heavy atom. The summed E-state index contributed by atoms with van der Waals surface area (Å²) < 4.78 is 18.5. The summed E-state index contributed by atoms with van der Waals surface area (Å²) in [6.07, 6.45) is 2.48. The molecule has 12 heteroatoms. The number of aryl methyl sites for hydroxylation is 2. The first-order valence-corrected chi connectivity index (χ1v) is 18.2. The number of carbonyl (C=O) groups is 4. The summed E-state index contributed by atoms with van der Waals surface area (Å²) >= 11 is 3.72. The number of hydrogen-bond donors (Lipinski definition) is 2. The minimum atomic E-state index is -1.38. The number of amides is 3. The van der Waals surface area contributed by atoms with Gasteiger partial charge in [-0.15, -0.1) is 13.2 Å². The van der Waals surface area contributed by atoms with Gasteiger partial charge in [-0.2, -0.15) is 0 Å². The number of ether oxygens (including phenoxy) is 3. The highest BCUT2D eigenvalue weighted by atomic mass is 79.9. The zero-order valence-electron chi connectivity index (χ0n) is 29.6. The van der Waals surface area contributed by atoms with Crippen molar-refractivity contribution >= 4 is 45.3 Å². The van der Waals surface area contributed by atoms with Gasteiger partial charge < -0.3 is 34.4 Å². The topological polar surface area (TPSA) is 135 Å². The fourth-order valence-corrected chi connectivity index (χ4v) is 8.84. The van der Waals surface area contributed by atoms with Gasteiger partial charge in [-0.3, -0.25) is 19.2 Å². The molecule has 3 heterocycles. The Morgan fingerprint density at radius 2 is 1.90 bits per heavy atom. The number of hydrogen-bond acceptors (Lipinski definition) is 8. The second kappa shape index (κ2) is 16.2. The van der Waals surface area contributed by atoms with Crippen LogP contribution in [0.5, 0.6) is 0 Å². The molecule has 1 unspecified atom stereocenters. The quantitative estimate of drug-likeness (QED) is 0.147. The molecule has 0 aromatic heterocycles. The predicted molar refractivity (Wildman–Crippen MR) is 196 cm³/mol. The fraction of sp³-hybridized carbons (Fsp3) is 0.487. The molecule has 11 nitrogen and oxygen atoms in total. The third-order valence-corrected chi connectivity index (χ3v) is 11.1. The number of rotatable bonds is 16. The Bertz CT molecular complexity index is 1640. The van der Waals surface area contributed by atoms with Gasteiger partial charge >= 0.3 is 5.97 Å². The van der Waals surface area contributed by atoms with Crippen LogP contribution in [-0.2, 0) is 33.4 Å². The molecule has 9 atom stereocenters. The Kier molecular flexibility index (Phi) is 12.2. The number of alkyl halides is 1. The molecule has 3 aliphatic heterocycles. The maximum Gasteiger partial charge on any atom is 0.313 e. The number of fused-ring (bicyclic) bond motifs is 1. The molecule has 2 N–H and O–H groups in total. The molecule has 5 rings (SSSR count). The van der Waals surface area contributed by atoms with Gasteiger partial charge in [-0.05, 0) is 56.4 Å². The monoisotopic (exact) mass is 765 g/mol. The normalized spacial score (nSPS) is 26.6. The van der Waals surface area contributed by atoms with Crippen LogP contribution in [0.4, 0.5) is 5.69 Å². The van der Waals surface area contributed by atoms with Crippen LogP contribution in [-0.4, -0.2) is 95.2 Å². The van der Waals surface area contributed by atoms with Gasteiger partial charge in [0.1, 0.15) is 17.7 Å². The SMILES string of the molecule is C=CCCC(=O)N[C@@H](COC)[C@@H](OC(=O)[C@H]1[C@@H]2O[C@@]3(CC2Br)[C@@H]1C(=O)N([C@H](C)CO)[C@@H]3C(=O)N(CC=C)c1cc(C)ccc1C)c1ccccc1. The number of esters is 1. The standard InChI is InChI=1S/C39H48BrN3O8/c1-7-9-15-30(45)41-28(22-49-6)33(26-13-11-10-12-14-26)50-38(48)31-32-36(46)43(25(5)21-44)35(39(32)20-27(40)34(31)51-39)37(47)42(18-8-2)29-19-23(3)16-17-24(29)4/h7-8,10-14,16-17,19,25,27-28,31-35,44H,1-2,9,15,18,20-22H2,3-6H3,(H,41,45)/t25-,27?,28+,31-,32+,33+,34-,35-,39+/m1/s1. The second-order valence-corrected chi connectivity index (χ2v) is 14.9. The molecule has 3 saturated heterocycles. The lowest BCUT2D eigenvalue weighted by molar-refractivity contribution is -0.163. The Hall–Kier alpha value is -3.84. The molecule has 1 spiro atoms. The average molecular weight is 767 g/mol. The summed E-state index contributed by atoms with van der Waals surface area (Å²) in [5.74, 6) is -3.94. The van der Waals surface area contributed by atoms with Gasteiger partial charge in [0, 0.05) is 30.6 Å². The number of nitrogens with zero attached hydrogens (tertiary/aromatic N) is 2. The van der Waals surface area contributed by atoms with Crippen molar-refractivity contribution in [2.45, 2.75) is 80.8 Å². The number of methoxy groups -OCH3 is 1. The molecule has 3 fully saturated rings. The number of allylic oxidation sites excluding steroid dienone is 1. The number of benzene rings is 2. The number of aliphatic hydroxyl groups is 1. The van der Waals surface area contributed by atoms with E-state index in [1.165, 1.54) is 12.0 Å². The van der Waals surface area contributed by atoms with E-state index in [1.54, 1.807) is 48.2 Å². The molecule has 2 bridgehead atoms. The predicted octanol–water partition coefficient (Wildman–Crippen LogP) is 4.33. The zero-order valence-corrected chi connectivity index (χ0v) is 31.2. The molecular weight excluding hydrogens is 718 g/mol. The fourth-order valence-electron chi connectivity index (χ4n) is 7.90. The molecular formula is C39H48BrN3O8. The van der Waals surface area contributed by atoms with E-state index in [1.807, 2.05) is 38.1 Å². The van der Waals surface area contributed by atoms with Crippen molar-refractivity contribution in [2.75, 3.05) is 31.8 Å². The molecule has 0 saturated carbocycles. The molecule has 0 aliphatic carbocycles. The van der Waals surface area contributed by atoms with Crippen LogP contribution in [0, 0.1) is 25.7 Å². The highest BCUT2D eigenvalue weighted by Gasteiger charge is 2.77. The Morgan fingerprint density at radius 1 is 1.18 bits per heavy atom. The van der Waals surface area contributed by atoms with E-state index in [-0.39, 0.29) is 36.7 Å². The molecule has 3 aliphatic rings. The van der Waals surface area contributed by atoms with Crippen LogP contribution in [0.1, 0.15) is 49.0 Å². The number of halogens is 1. The zero-order chi connectivity index (χ0) is 37.0. The van der Waals surface area contributed by atoms with E-state index in [4.69, 9.17) is 14.2 Å². The number of likely N-dealkylation sites (tertiary alicyclic amines) is 1.